The second-order valence-electron chi connectivity index (χ2n) is 11.0. The monoisotopic (exact) mass is 575 g/mol. The van der Waals surface area contributed by atoms with Crippen LogP contribution in [0.2, 0.25) is 0 Å². The summed E-state index contributed by atoms with van der Waals surface area (Å²) in [6, 6.07) is 9.98. The number of aromatic nitrogens is 4. The maximum absolute atomic E-state index is 13.5. The maximum atomic E-state index is 13.5. The molecule has 0 aliphatic carbocycles. The third kappa shape index (κ3) is 6.77. The molecule has 1 spiro atoms. The standard InChI is InChI=1S/C30H37N7O3S/c38-21-25-5-16-41-26(25)18-35-12-6-30(7-13-35)22-37(14-15-40-30)29(39)24-3-1-23(2-4-24)17-36(19-27-31-8-9-32-27)20-28-33-10-11-34-28/h1-5,8-11,16,38H,6-7,12-15,17-22H2,(H,31,32)(H,33,34). The van der Waals surface area contributed by atoms with E-state index in [9.17, 15) is 9.90 Å². The zero-order valence-corrected chi connectivity index (χ0v) is 24.0. The molecule has 0 bridgehead atoms. The first-order chi connectivity index (χ1) is 20.1. The number of morpholine rings is 1. The van der Waals surface area contributed by atoms with Gasteiger partial charge in [-0.25, -0.2) is 9.97 Å². The van der Waals surface area contributed by atoms with Crippen molar-refractivity contribution in [3.05, 3.63) is 93.7 Å². The summed E-state index contributed by atoms with van der Waals surface area (Å²) in [6.07, 6.45) is 8.99. The van der Waals surface area contributed by atoms with E-state index in [-0.39, 0.29) is 18.1 Å². The van der Waals surface area contributed by atoms with Gasteiger partial charge in [-0.1, -0.05) is 12.1 Å². The molecule has 0 atom stereocenters. The Morgan fingerprint density at radius 1 is 1.00 bits per heavy atom. The zero-order chi connectivity index (χ0) is 28.1. The Morgan fingerprint density at radius 3 is 2.34 bits per heavy atom. The lowest BCUT2D eigenvalue weighted by atomic mass is 9.89. The normalized spacial score (nSPS) is 17.5. The molecule has 3 aromatic heterocycles. The van der Waals surface area contributed by atoms with Crippen molar-refractivity contribution in [1.82, 2.24) is 34.6 Å². The lowest BCUT2D eigenvalue weighted by Crippen LogP contribution is -2.57. The third-order valence-electron chi connectivity index (χ3n) is 8.14. The highest BCUT2D eigenvalue weighted by molar-refractivity contribution is 7.10. The van der Waals surface area contributed by atoms with Crippen molar-refractivity contribution in [2.24, 2.45) is 0 Å². The van der Waals surface area contributed by atoms with Gasteiger partial charge in [0.1, 0.15) is 11.6 Å². The number of carbonyl (C=O) groups excluding carboxylic acids is 1. The molecule has 2 aliphatic heterocycles. The number of thiophene rings is 1. The number of amides is 1. The summed E-state index contributed by atoms with van der Waals surface area (Å²) in [6.45, 7) is 6.64. The number of likely N-dealkylation sites (tertiary alicyclic amines) is 1. The van der Waals surface area contributed by atoms with E-state index in [1.165, 1.54) is 4.88 Å². The first-order valence-corrected chi connectivity index (χ1v) is 15.1. The van der Waals surface area contributed by atoms with Crippen molar-refractivity contribution in [2.75, 3.05) is 32.8 Å². The summed E-state index contributed by atoms with van der Waals surface area (Å²) in [5.41, 5.74) is 2.58. The lowest BCUT2D eigenvalue weighted by molar-refractivity contribution is -0.127. The summed E-state index contributed by atoms with van der Waals surface area (Å²) in [5, 5.41) is 11.6. The van der Waals surface area contributed by atoms with Gasteiger partial charge in [0.05, 0.1) is 38.4 Å². The minimum atomic E-state index is -0.280. The SMILES string of the molecule is O=C(c1ccc(CN(Cc2ncc[nH]2)Cc2ncc[nH]2)cc1)N1CCOC2(CCN(Cc3sccc3CO)CC2)C1. The van der Waals surface area contributed by atoms with E-state index >= 15 is 0 Å². The molecule has 3 N–H and O–H groups in total. The molecule has 0 saturated carbocycles. The number of hydrogen-bond acceptors (Lipinski definition) is 8. The van der Waals surface area contributed by atoms with Gasteiger partial charge in [-0.05, 0) is 47.5 Å². The van der Waals surface area contributed by atoms with Crippen LogP contribution in [-0.2, 0) is 37.5 Å². The van der Waals surface area contributed by atoms with E-state index in [1.54, 1.807) is 23.7 Å². The highest BCUT2D eigenvalue weighted by atomic mass is 32.1. The third-order valence-corrected chi connectivity index (χ3v) is 9.09. The van der Waals surface area contributed by atoms with Crippen LogP contribution in [0, 0.1) is 0 Å². The Kier molecular flexibility index (Phi) is 8.59. The maximum Gasteiger partial charge on any atom is 0.254 e. The topological polar surface area (TPSA) is 114 Å². The Hall–Kier alpha value is -3.35. The van der Waals surface area contributed by atoms with Crippen LogP contribution in [-0.4, -0.2) is 84.0 Å². The van der Waals surface area contributed by atoms with Crippen LogP contribution in [0.5, 0.6) is 0 Å². The van der Waals surface area contributed by atoms with Gasteiger partial charge in [0.25, 0.3) is 5.91 Å². The van der Waals surface area contributed by atoms with Crippen molar-refractivity contribution in [2.45, 2.75) is 51.2 Å². The van der Waals surface area contributed by atoms with Crippen LogP contribution in [0.15, 0.2) is 60.5 Å². The summed E-state index contributed by atoms with van der Waals surface area (Å²) in [4.78, 5) is 36.5. The number of aliphatic hydroxyl groups is 1. The van der Waals surface area contributed by atoms with Crippen LogP contribution >= 0.6 is 11.3 Å². The Labute approximate surface area is 244 Å². The quantitative estimate of drug-likeness (QED) is 0.266. The second-order valence-corrected chi connectivity index (χ2v) is 12.0. The highest BCUT2D eigenvalue weighted by Gasteiger charge is 2.41. The number of benzene rings is 1. The second kappa shape index (κ2) is 12.7. The molecule has 0 unspecified atom stereocenters. The van der Waals surface area contributed by atoms with E-state index in [0.717, 1.165) is 55.3 Å². The molecular formula is C30H37N7O3S. The van der Waals surface area contributed by atoms with Gasteiger partial charge in [0.2, 0.25) is 0 Å². The first-order valence-electron chi connectivity index (χ1n) is 14.2. The van der Waals surface area contributed by atoms with Crippen molar-refractivity contribution in [3.63, 3.8) is 0 Å². The molecule has 2 fully saturated rings. The Morgan fingerprint density at radius 2 is 1.71 bits per heavy atom. The van der Waals surface area contributed by atoms with Crippen LogP contribution < -0.4 is 0 Å². The molecule has 4 aromatic rings. The molecule has 10 nitrogen and oxygen atoms in total. The molecule has 1 aromatic carbocycles. The van der Waals surface area contributed by atoms with Gasteiger partial charge in [-0.2, -0.15) is 0 Å². The number of rotatable bonds is 10. The van der Waals surface area contributed by atoms with Gasteiger partial charge >= 0.3 is 0 Å². The van der Waals surface area contributed by atoms with Gasteiger partial charge in [0.15, 0.2) is 0 Å². The highest BCUT2D eigenvalue weighted by Crippen LogP contribution is 2.32. The van der Waals surface area contributed by atoms with Gasteiger partial charge < -0.3 is 24.7 Å². The summed E-state index contributed by atoms with van der Waals surface area (Å²) in [5.74, 6) is 1.87. The first kappa shape index (κ1) is 27.8. The molecule has 1 amide bonds. The molecule has 6 rings (SSSR count). The number of aromatic amines is 2. The van der Waals surface area contributed by atoms with Crippen molar-refractivity contribution in [1.29, 1.82) is 0 Å². The number of nitrogens with zero attached hydrogens (tertiary/aromatic N) is 5. The average Bonchev–Trinajstić information content (AvgIpc) is 3.79. The Bertz CT molecular complexity index is 1340. The van der Waals surface area contributed by atoms with E-state index in [2.05, 4.69) is 29.7 Å². The van der Waals surface area contributed by atoms with Crippen LogP contribution in [0.4, 0.5) is 0 Å². The number of piperidine rings is 1. The molecule has 216 valence electrons. The molecule has 2 saturated heterocycles. The van der Waals surface area contributed by atoms with Gasteiger partial charge in [-0.15, -0.1) is 11.3 Å². The molecular weight excluding hydrogens is 538 g/mol. The molecule has 11 heteroatoms. The van der Waals surface area contributed by atoms with E-state index in [1.807, 2.05) is 53.0 Å². The number of carbonyl (C=O) groups is 1. The molecule has 0 radical (unpaired) electrons. The Balaban J connectivity index is 1.05. The number of imidazole rings is 2. The minimum Gasteiger partial charge on any atom is -0.392 e. The number of ether oxygens (including phenoxy) is 1. The van der Waals surface area contributed by atoms with E-state index < -0.39 is 0 Å². The van der Waals surface area contributed by atoms with Crippen LogP contribution in [0.25, 0.3) is 0 Å². The predicted molar refractivity (Wildman–Crippen MR) is 156 cm³/mol. The van der Waals surface area contributed by atoms with Crippen molar-refractivity contribution < 1.29 is 14.6 Å². The largest absolute Gasteiger partial charge is 0.392 e. The van der Waals surface area contributed by atoms with Gasteiger partial charge in [0, 0.05) is 68.0 Å². The number of hydrogen-bond donors (Lipinski definition) is 3. The molecule has 2 aliphatic rings. The van der Waals surface area contributed by atoms with Crippen molar-refractivity contribution >= 4 is 17.2 Å². The summed E-state index contributed by atoms with van der Waals surface area (Å²) < 4.78 is 6.32. The predicted octanol–water partition coefficient (Wildman–Crippen LogP) is 3.40. The smallest absolute Gasteiger partial charge is 0.254 e. The number of nitrogens with one attached hydrogen (secondary N) is 2. The number of H-pyrrole nitrogens is 2. The fourth-order valence-electron chi connectivity index (χ4n) is 5.84. The minimum absolute atomic E-state index is 0.0656. The van der Waals surface area contributed by atoms with Gasteiger partial charge in [-0.3, -0.25) is 14.6 Å². The zero-order valence-electron chi connectivity index (χ0n) is 23.2. The number of aliphatic hydroxyl groups excluding tert-OH is 1. The van der Waals surface area contributed by atoms with Crippen LogP contribution in [0.3, 0.4) is 0 Å². The van der Waals surface area contributed by atoms with Crippen molar-refractivity contribution in [3.8, 4) is 0 Å². The van der Waals surface area contributed by atoms with Crippen LogP contribution in [0.1, 0.15) is 50.9 Å². The summed E-state index contributed by atoms with van der Waals surface area (Å²) >= 11 is 1.71. The lowest BCUT2D eigenvalue weighted by Gasteiger charge is -2.47. The summed E-state index contributed by atoms with van der Waals surface area (Å²) in [7, 11) is 0. The molecule has 41 heavy (non-hydrogen) atoms. The fourth-order valence-corrected chi connectivity index (χ4v) is 6.78. The fraction of sp³-hybridized carbons (Fsp3) is 0.433. The average molecular weight is 576 g/mol. The van der Waals surface area contributed by atoms with E-state index in [0.29, 0.717) is 44.9 Å². The molecule has 5 heterocycles. The van der Waals surface area contributed by atoms with E-state index in [4.69, 9.17) is 4.74 Å².